The van der Waals surface area contributed by atoms with Gasteiger partial charge in [0.1, 0.15) is 5.82 Å². The smallest absolute Gasteiger partial charge is 0.108 e. The van der Waals surface area contributed by atoms with Gasteiger partial charge in [0.05, 0.1) is 11.0 Å². The average Bonchev–Trinajstić information content (AvgIpc) is 2.79. The largest absolute Gasteiger partial charge is 0.342 e. The zero-order valence-electron chi connectivity index (χ0n) is 10.6. The number of aromatic amines is 1. The highest BCUT2D eigenvalue weighted by Gasteiger charge is 2.15. The molecule has 3 rings (SSSR count). The molecule has 4 heteroatoms. The van der Waals surface area contributed by atoms with E-state index >= 15 is 0 Å². The Morgan fingerprint density at radius 3 is 3.06 bits per heavy atom. The number of hydrogen-bond donors (Lipinski definition) is 2. The molecule has 18 heavy (non-hydrogen) atoms. The van der Waals surface area contributed by atoms with Crippen LogP contribution in [0.15, 0.2) is 12.1 Å². The van der Waals surface area contributed by atoms with Crippen LogP contribution in [-0.4, -0.2) is 22.6 Å². The Morgan fingerprint density at radius 1 is 1.39 bits per heavy atom. The third-order valence-corrected chi connectivity index (χ3v) is 4.15. The number of halogens is 1. The van der Waals surface area contributed by atoms with Crippen LogP contribution in [0.4, 0.5) is 0 Å². The molecule has 0 amide bonds. The molecule has 2 aromatic rings. The Hall–Kier alpha value is -1.06. The summed E-state index contributed by atoms with van der Waals surface area (Å²) in [5.41, 5.74) is 3.16. The van der Waals surface area contributed by atoms with Crippen molar-refractivity contribution in [2.24, 2.45) is 0 Å². The van der Waals surface area contributed by atoms with E-state index in [1.165, 1.54) is 19.3 Å². The Kier molecular flexibility index (Phi) is 3.27. The van der Waals surface area contributed by atoms with Crippen LogP contribution in [-0.2, 0) is 6.42 Å². The Bertz CT molecular complexity index is 555. The van der Waals surface area contributed by atoms with Gasteiger partial charge < -0.3 is 10.3 Å². The van der Waals surface area contributed by atoms with Gasteiger partial charge >= 0.3 is 0 Å². The first-order chi connectivity index (χ1) is 8.74. The molecular formula is C14H18ClN3. The first-order valence-corrected chi connectivity index (χ1v) is 6.99. The molecule has 1 fully saturated rings. The highest BCUT2D eigenvalue weighted by molar-refractivity contribution is 6.32. The highest BCUT2D eigenvalue weighted by atomic mass is 35.5. The van der Waals surface area contributed by atoms with Crippen molar-refractivity contribution in [3.05, 3.63) is 28.5 Å². The number of nitrogens with zero attached hydrogens (tertiary/aromatic N) is 1. The van der Waals surface area contributed by atoms with E-state index in [2.05, 4.69) is 15.3 Å². The van der Waals surface area contributed by atoms with Crippen LogP contribution in [0.2, 0.25) is 5.02 Å². The van der Waals surface area contributed by atoms with Crippen molar-refractivity contribution < 1.29 is 0 Å². The summed E-state index contributed by atoms with van der Waals surface area (Å²) in [7, 11) is 0. The van der Waals surface area contributed by atoms with Crippen LogP contribution >= 0.6 is 11.6 Å². The minimum absolute atomic E-state index is 0.565. The first-order valence-electron chi connectivity index (χ1n) is 6.61. The lowest BCUT2D eigenvalue weighted by Crippen LogP contribution is -2.35. The normalized spacial score (nSPS) is 20.4. The van der Waals surface area contributed by atoms with E-state index in [4.69, 9.17) is 11.6 Å². The van der Waals surface area contributed by atoms with Crippen molar-refractivity contribution in [2.75, 3.05) is 6.54 Å². The molecule has 0 radical (unpaired) electrons. The van der Waals surface area contributed by atoms with Crippen molar-refractivity contribution in [3.8, 4) is 0 Å². The third-order valence-electron chi connectivity index (χ3n) is 3.74. The molecule has 0 spiro atoms. The number of fused-ring (bicyclic) bond motifs is 1. The fourth-order valence-corrected chi connectivity index (χ4v) is 2.82. The number of H-pyrrole nitrogens is 1. The third kappa shape index (κ3) is 2.25. The van der Waals surface area contributed by atoms with E-state index in [0.717, 1.165) is 40.4 Å². The second kappa shape index (κ2) is 4.90. The van der Waals surface area contributed by atoms with E-state index in [1.54, 1.807) is 0 Å². The summed E-state index contributed by atoms with van der Waals surface area (Å²) in [5.74, 6) is 1.06. The average molecular weight is 264 g/mol. The zero-order valence-corrected chi connectivity index (χ0v) is 11.3. The number of aryl methyl sites for hydroxylation is 1. The molecule has 1 saturated heterocycles. The molecule has 1 aromatic carbocycles. The second-order valence-corrected chi connectivity index (χ2v) is 5.51. The van der Waals surface area contributed by atoms with E-state index < -0.39 is 0 Å². The predicted molar refractivity (Wildman–Crippen MR) is 75.2 cm³/mol. The van der Waals surface area contributed by atoms with Crippen molar-refractivity contribution in [3.63, 3.8) is 0 Å². The van der Waals surface area contributed by atoms with Crippen LogP contribution in [0, 0.1) is 6.92 Å². The van der Waals surface area contributed by atoms with Gasteiger partial charge in [0, 0.05) is 17.5 Å². The van der Waals surface area contributed by atoms with Crippen molar-refractivity contribution >= 4 is 22.6 Å². The number of benzene rings is 1. The number of imidazole rings is 1. The molecule has 2 N–H and O–H groups in total. The summed E-state index contributed by atoms with van der Waals surface area (Å²) in [6, 6.07) is 4.50. The van der Waals surface area contributed by atoms with E-state index in [1.807, 2.05) is 19.1 Å². The van der Waals surface area contributed by atoms with Gasteiger partial charge in [0.2, 0.25) is 0 Å². The number of nitrogens with one attached hydrogen (secondary N) is 2. The maximum absolute atomic E-state index is 6.12. The molecule has 0 aliphatic carbocycles. The van der Waals surface area contributed by atoms with Crippen LogP contribution in [0.1, 0.15) is 30.7 Å². The van der Waals surface area contributed by atoms with Gasteiger partial charge in [-0.05, 0) is 44.0 Å². The highest BCUT2D eigenvalue weighted by Crippen LogP contribution is 2.24. The van der Waals surface area contributed by atoms with Gasteiger partial charge in [0.25, 0.3) is 0 Å². The fraction of sp³-hybridized carbons (Fsp3) is 0.500. The van der Waals surface area contributed by atoms with Gasteiger partial charge in [0.15, 0.2) is 0 Å². The molecule has 3 nitrogen and oxygen atoms in total. The Morgan fingerprint density at radius 2 is 2.28 bits per heavy atom. The van der Waals surface area contributed by atoms with Gasteiger partial charge in [-0.3, -0.25) is 0 Å². The topological polar surface area (TPSA) is 40.7 Å². The second-order valence-electron chi connectivity index (χ2n) is 5.10. The summed E-state index contributed by atoms with van der Waals surface area (Å²) >= 11 is 6.12. The number of rotatable bonds is 2. The molecule has 1 atom stereocenters. The molecular weight excluding hydrogens is 246 g/mol. The molecule has 0 bridgehead atoms. The van der Waals surface area contributed by atoms with Crippen LogP contribution in [0.25, 0.3) is 11.0 Å². The maximum atomic E-state index is 6.12. The number of piperidine rings is 1. The number of hydrogen-bond acceptors (Lipinski definition) is 2. The quantitative estimate of drug-likeness (QED) is 0.874. The van der Waals surface area contributed by atoms with Crippen LogP contribution < -0.4 is 5.32 Å². The van der Waals surface area contributed by atoms with Crippen molar-refractivity contribution in [1.29, 1.82) is 0 Å². The monoisotopic (exact) mass is 263 g/mol. The van der Waals surface area contributed by atoms with E-state index in [0.29, 0.717) is 6.04 Å². The Balaban J connectivity index is 1.86. The van der Waals surface area contributed by atoms with E-state index in [9.17, 15) is 0 Å². The summed E-state index contributed by atoms with van der Waals surface area (Å²) in [6.45, 7) is 3.16. The Labute approximate surface area is 112 Å². The summed E-state index contributed by atoms with van der Waals surface area (Å²) in [4.78, 5) is 8.09. The van der Waals surface area contributed by atoms with Crippen molar-refractivity contribution in [1.82, 2.24) is 15.3 Å². The van der Waals surface area contributed by atoms with Crippen LogP contribution in [0.3, 0.4) is 0 Å². The van der Waals surface area contributed by atoms with E-state index in [-0.39, 0.29) is 0 Å². The van der Waals surface area contributed by atoms with Gasteiger partial charge in [-0.15, -0.1) is 0 Å². The molecule has 1 aromatic heterocycles. The molecule has 2 heterocycles. The van der Waals surface area contributed by atoms with Gasteiger partial charge in [-0.1, -0.05) is 18.0 Å². The fourth-order valence-electron chi connectivity index (χ4n) is 2.67. The maximum Gasteiger partial charge on any atom is 0.108 e. The number of aromatic nitrogens is 2. The molecule has 1 aliphatic rings. The first kappa shape index (κ1) is 12.0. The van der Waals surface area contributed by atoms with Gasteiger partial charge in [-0.25, -0.2) is 4.98 Å². The molecule has 96 valence electrons. The van der Waals surface area contributed by atoms with Crippen molar-refractivity contribution in [2.45, 2.75) is 38.6 Å². The molecule has 0 saturated carbocycles. The molecule has 1 unspecified atom stereocenters. The summed E-state index contributed by atoms with van der Waals surface area (Å²) < 4.78 is 0. The van der Waals surface area contributed by atoms with Crippen LogP contribution in [0.5, 0.6) is 0 Å². The summed E-state index contributed by atoms with van der Waals surface area (Å²) in [5, 5.41) is 4.34. The standard InChI is InChI=1S/C14H18ClN3/c1-9-11(15)5-6-12-14(9)18-13(17-12)8-10-4-2-3-7-16-10/h5-6,10,16H,2-4,7-8H2,1H3,(H,17,18). The zero-order chi connectivity index (χ0) is 12.5. The lowest BCUT2D eigenvalue weighted by molar-refractivity contribution is 0.395. The lowest BCUT2D eigenvalue weighted by Gasteiger charge is -2.22. The minimum Gasteiger partial charge on any atom is -0.342 e. The minimum atomic E-state index is 0.565. The summed E-state index contributed by atoms with van der Waals surface area (Å²) in [6.07, 6.45) is 4.84. The molecule has 1 aliphatic heterocycles. The SMILES string of the molecule is Cc1c(Cl)ccc2[nH]c(CC3CCCCN3)nc12. The predicted octanol–water partition coefficient (Wildman–Crippen LogP) is 3.21. The lowest BCUT2D eigenvalue weighted by atomic mass is 10.0. The van der Waals surface area contributed by atoms with Gasteiger partial charge in [-0.2, -0.15) is 0 Å².